The Hall–Kier alpha value is -3.36. The van der Waals surface area contributed by atoms with Crippen LogP contribution in [0.3, 0.4) is 0 Å². The van der Waals surface area contributed by atoms with Crippen molar-refractivity contribution in [2.24, 2.45) is 5.73 Å². The van der Waals surface area contributed by atoms with Crippen LogP contribution in [0, 0.1) is 18.3 Å². The zero-order chi connectivity index (χ0) is 24.4. The number of Topliss-reactive ketones (excluding diaryl/α,β-unsaturated/α-hetero) is 1. The highest BCUT2D eigenvalue weighted by Gasteiger charge is 2.30. The highest BCUT2D eigenvalue weighted by molar-refractivity contribution is 5.99. The van der Waals surface area contributed by atoms with Crippen molar-refractivity contribution >= 4 is 5.78 Å². The molecule has 0 aliphatic carbocycles. The molecule has 0 aromatic heterocycles. The van der Waals surface area contributed by atoms with Gasteiger partial charge in [-0.25, -0.2) is 0 Å². The van der Waals surface area contributed by atoms with Crippen molar-refractivity contribution in [3.8, 4) is 6.07 Å². The third-order valence-electron chi connectivity index (χ3n) is 5.12. The number of nitriles is 1. The van der Waals surface area contributed by atoms with E-state index in [1.165, 1.54) is 0 Å². The van der Waals surface area contributed by atoms with Crippen LogP contribution in [-0.4, -0.2) is 24.1 Å². The Morgan fingerprint density at radius 1 is 1.31 bits per heavy atom. The summed E-state index contributed by atoms with van der Waals surface area (Å²) in [6, 6.07) is 7.46. The highest BCUT2D eigenvalue weighted by Crippen LogP contribution is 2.39. The van der Waals surface area contributed by atoms with Crippen molar-refractivity contribution in [2.45, 2.75) is 47.0 Å². The number of aryl methyl sites for hydroxylation is 1. The fraction of sp³-hybridized carbons (Fsp3) is 0.333. The van der Waals surface area contributed by atoms with Gasteiger partial charge in [0.2, 0.25) is 0 Å². The maximum Gasteiger partial charge on any atom is 0.185 e. The Labute approximate surface area is 191 Å². The van der Waals surface area contributed by atoms with E-state index in [1.807, 2.05) is 52.8 Å². The van der Waals surface area contributed by atoms with Gasteiger partial charge in [0.05, 0.1) is 18.2 Å². The monoisotopic (exact) mass is 434 g/mol. The lowest BCUT2D eigenvalue weighted by Crippen LogP contribution is -2.22. The number of benzene rings is 1. The number of carbonyl (C=O) groups excluding carboxylic acids is 1. The Bertz CT molecular complexity index is 1020. The molecular weight excluding hydrogens is 400 g/mol. The first-order chi connectivity index (χ1) is 15.0. The highest BCUT2D eigenvalue weighted by atomic mass is 16.5. The van der Waals surface area contributed by atoms with Gasteiger partial charge in [0, 0.05) is 29.2 Å². The molecule has 0 bridgehead atoms. The molecule has 0 aliphatic heterocycles. The number of rotatable bonds is 11. The Morgan fingerprint density at radius 2 is 1.97 bits per heavy atom. The number of allylic oxidation sites excluding steroid dienone is 5. The molecule has 0 heterocycles. The number of aliphatic hydroxyl groups excluding tert-OH is 1. The lowest BCUT2D eigenvalue weighted by molar-refractivity contribution is -0.120. The van der Waals surface area contributed by atoms with Gasteiger partial charge in [0.1, 0.15) is 12.4 Å². The molecule has 5 heteroatoms. The van der Waals surface area contributed by atoms with Crippen molar-refractivity contribution in [1.29, 1.82) is 5.26 Å². The first kappa shape index (κ1) is 26.7. The number of aliphatic hydroxyl groups is 1. The van der Waals surface area contributed by atoms with Crippen LogP contribution in [0.4, 0.5) is 0 Å². The third-order valence-corrected chi connectivity index (χ3v) is 5.12. The Balaban J connectivity index is 3.65. The van der Waals surface area contributed by atoms with Gasteiger partial charge in [-0.2, -0.15) is 5.26 Å². The van der Waals surface area contributed by atoms with Gasteiger partial charge in [0.25, 0.3) is 0 Å². The van der Waals surface area contributed by atoms with Gasteiger partial charge in [-0.05, 0) is 57.9 Å². The summed E-state index contributed by atoms with van der Waals surface area (Å²) in [6.45, 7) is 17.0. The van der Waals surface area contributed by atoms with Gasteiger partial charge >= 0.3 is 0 Å². The summed E-state index contributed by atoms with van der Waals surface area (Å²) >= 11 is 0. The van der Waals surface area contributed by atoms with Crippen LogP contribution in [0.25, 0.3) is 0 Å². The van der Waals surface area contributed by atoms with Crippen LogP contribution < -0.4 is 5.73 Å². The smallest absolute Gasteiger partial charge is 0.185 e. The van der Waals surface area contributed by atoms with Gasteiger partial charge in [0.15, 0.2) is 5.78 Å². The van der Waals surface area contributed by atoms with Crippen LogP contribution >= 0.6 is 0 Å². The standard InChI is InChI=1S/C27H34N2O3/c1-8-18(4)13-24(21(7)30)27(23-10-9-22(15-28)14-19(23)5)26(17(2)3)25(31)16-32-12-11-20(6)29/h8-10,13-14,27,30H,6-7,11-12,16,29H2,1-5H3/b18-8-,24-13+/t27-/m0/s1. The normalized spacial score (nSPS) is 12.6. The van der Waals surface area contributed by atoms with E-state index >= 15 is 0 Å². The minimum atomic E-state index is -0.569. The summed E-state index contributed by atoms with van der Waals surface area (Å²) in [4.78, 5) is 13.3. The second-order valence-electron chi connectivity index (χ2n) is 7.99. The first-order valence-corrected chi connectivity index (χ1v) is 10.5. The molecule has 0 saturated carbocycles. The maximum absolute atomic E-state index is 13.3. The van der Waals surface area contributed by atoms with E-state index in [0.29, 0.717) is 35.4 Å². The van der Waals surface area contributed by atoms with Crippen LogP contribution in [0.1, 0.15) is 56.7 Å². The third kappa shape index (κ3) is 7.40. The predicted octanol–water partition coefficient (Wildman–Crippen LogP) is 5.70. The van der Waals surface area contributed by atoms with Crippen LogP contribution in [-0.2, 0) is 9.53 Å². The topological polar surface area (TPSA) is 96.3 Å². The Morgan fingerprint density at radius 3 is 2.44 bits per heavy atom. The molecule has 3 N–H and O–H groups in total. The van der Waals surface area contributed by atoms with Gasteiger partial charge in [-0.1, -0.05) is 42.5 Å². The number of ether oxygens (including phenoxy) is 1. The van der Waals surface area contributed by atoms with Crippen molar-refractivity contribution in [1.82, 2.24) is 0 Å². The number of nitrogens with two attached hydrogens (primary N) is 1. The first-order valence-electron chi connectivity index (χ1n) is 10.5. The quantitative estimate of drug-likeness (QED) is 0.202. The van der Waals surface area contributed by atoms with E-state index in [0.717, 1.165) is 22.3 Å². The largest absolute Gasteiger partial charge is 0.508 e. The zero-order valence-corrected chi connectivity index (χ0v) is 19.8. The number of carbonyl (C=O) groups is 1. The van der Waals surface area contributed by atoms with Crippen molar-refractivity contribution < 1.29 is 14.6 Å². The van der Waals surface area contributed by atoms with Crippen molar-refractivity contribution in [3.63, 3.8) is 0 Å². The van der Waals surface area contributed by atoms with Crippen molar-refractivity contribution in [2.75, 3.05) is 13.2 Å². The zero-order valence-electron chi connectivity index (χ0n) is 19.8. The number of ketones is 1. The molecule has 1 aromatic rings. The van der Waals surface area contributed by atoms with Gasteiger partial charge in [-0.3, -0.25) is 4.79 Å². The summed E-state index contributed by atoms with van der Waals surface area (Å²) in [5.41, 5.74) is 11.0. The summed E-state index contributed by atoms with van der Waals surface area (Å²) in [5, 5.41) is 19.8. The number of nitrogens with zero attached hydrogens (tertiary/aromatic N) is 1. The molecule has 1 rings (SSSR count). The fourth-order valence-corrected chi connectivity index (χ4v) is 3.38. The van der Waals surface area contributed by atoms with Crippen LogP contribution in [0.2, 0.25) is 0 Å². The van der Waals surface area contributed by atoms with E-state index in [-0.39, 0.29) is 18.1 Å². The minimum Gasteiger partial charge on any atom is -0.508 e. The van der Waals surface area contributed by atoms with E-state index in [2.05, 4.69) is 19.2 Å². The van der Waals surface area contributed by atoms with E-state index in [9.17, 15) is 15.2 Å². The molecule has 32 heavy (non-hydrogen) atoms. The van der Waals surface area contributed by atoms with Crippen LogP contribution in [0.5, 0.6) is 0 Å². The molecule has 170 valence electrons. The number of hydrogen-bond donors (Lipinski definition) is 2. The molecule has 0 fully saturated rings. The predicted molar refractivity (Wildman–Crippen MR) is 130 cm³/mol. The number of hydrogen-bond acceptors (Lipinski definition) is 5. The molecule has 0 aliphatic rings. The lowest BCUT2D eigenvalue weighted by Gasteiger charge is -2.26. The van der Waals surface area contributed by atoms with Crippen LogP contribution in [0.15, 0.2) is 77.3 Å². The van der Waals surface area contributed by atoms with E-state index in [1.54, 1.807) is 12.1 Å². The summed E-state index contributed by atoms with van der Waals surface area (Å²) in [5.74, 6) is -0.876. The molecule has 0 amide bonds. The average Bonchev–Trinajstić information content (AvgIpc) is 2.72. The summed E-state index contributed by atoms with van der Waals surface area (Å²) in [6.07, 6.45) is 4.22. The molecule has 0 unspecified atom stereocenters. The fourth-order valence-electron chi connectivity index (χ4n) is 3.38. The SMILES string of the molecule is C=C(N)CCOCC(=O)C(=C(C)C)[C@H](/C(=C/C(C)=C\C)C(=C)O)c1ccc(C#N)cc1C. The van der Waals surface area contributed by atoms with Crippen molar-refractivity contribution in [3.05, 3.63) is 93.9 Å². The second-order valence-corrected chi connectivity index (χ2v) is 7.99. The molecule has 0 radical (unpaired) electrons. The summed E-state index contributed by atoms with van der Waals surface area (Å²) in [7, 11) is 0. The second kappa shape index (κ2) is 12.5. The average molecular weight is 435 g/mol. The lowest BCUT2D eigenvalue weighted by atomic mass is 9.77. The molecule has 1 aromatic carbocycles. The maximum atomic E-state index is 13.3. The Kier molecular flexibility index (Phi) is 10.4. The van der Waals surface area contributed by atoms with E-state index < -0.39 is 5.92 Å². The molecule has 5 nitrogen and oxygen atoms in total. The molecule has 0 spiro atoms. The van der Waals surface area contributed by atoms with Gasteiger partial charge in [-0.15, -0.1) is 0 Å². The van der Waals surface area contributed by atoms with Gasteiger partial charge < -0.3 is 15.6 Å². The van der Waals surface area contributed by atoms with E-state index in [4.69, 9.17) is 10.5 Å². The minimum absolute atomic E-state index is 0.118. The molecular formula is C27H34N2O3. The molecule has 0 saturated heterocycles. The summed E-state index contributed by atoms with van der Waals surface area (Å²) < 4.78 is 5.55. The molecule has 1 atom stereocenters.